The fraction of sp³-hybridized carbons (Fsp3) is 0.300. The first-order valence-corrected chi connectivity index (χ1v) is 9.09. The largest absolute Gasteiger partial charge is 0.493 e. The molecule has 146 valence electrons. The number of hydrogen-bond acceptors (Lipinski definition) is 5. The normalized spacial score (nSPS) is 10.8. The molecular weight excluding hydrogens is 358 g/mol. The Morgan fingerprint density at radius 3 is 2.64 bits per heavy atom. The summed E-state index contributed by atoms with van der Waals surface area (Å²) in [5.74, 6) is 0.947. The van der Waals surface area contributed by atoms with Gasteiger partial charge < -0.3 is 10.1 Å². The second-order valence-electron chi connectivity index (χ2n) is 5.98. The van der Waals surface area contributed by atoms with Gasteiger partial charge in [-0.05, 0) is 31.0 Å². The Hall–Kier alpha value is -3.60. The van der Waals surface area contributed by atoms with Gasteiger partial charge in [0.1, 0.15) is 5.75 Å². The van der Waals surface area contributed by atoms with Crippen LogP contribution in [0.4, 0.5) is 11.4 Å². The molecule has 2 rings (SSSR count). The van der Waals surface area contributed by atoms with Gasteiger partial charge >= 0.3 is 0 Å². The molecule has 0 aromatic heterocycles. The Labute approximate surface area is 164 Å². The Morgan fingerprint density at radius 2 is 1.89 bits per heavy atom. The number of non-ortho nitro benzene ring substituents is 1. The summed E-state index contributed by atoms with van der Waals surface area (Å²) < 4.78 is 5.55. The van der Waals surface area contributed by atoms with Crippen LogP contribution < -0.4 is 15.4 Å². The van der Waals surface area contributed by atoms with Crippen molar-refractivity contribution in [3.05, 3.63) is 64.7 Å². The minimum absolute atomic E-state index is 0.0301. The van der Waals surface area contributed by atoms with Gasteiger partial charge in [0.15, 0.2) is 6.19 Å². The van der Waals surface area contributed by atoms with Gasteiger partial charge in [0.05, 0.1) is 23.3 Å². The first kappa shape index (κ1) is 20.7. The van der Waals surface area contributed by atoms with E-state index in [9.17, 15) is 10.1 Å². The average molecular weight is 381 g/mol. The highest BCUT2D eigenvalue weighted by Gasteiger charge is 2.06. The van der Waals surface area contributed by atoms with Crippen LogP contribution in [0.5, 0.6) is 5.75 Å². The number of guanidine groups is 1. The van der Waals surface area contributed by atoms with Crippen LogP contribution in [0.1, 0.15) is 25.7 Å². The molecule has 28 heavy (non-hydrogen) atoms. The zero-order valence-corrected chi connectivity index (χ0v) is 15.5. The van der Waals surface area contributed by atoms with Crippen molar-refractivity contribution in [2.24, 2.45) is 4.99 Å². The van der Waals surface area contributed by atoms with Crippen molar-refractivity contribution in [3.8, 4) is 11.9 Å². The highest BCUT2D eigenvalue weighted by Crippen LogP contribution is 2.19. The number of aliphatic imine (C=N–C) groups is 1. The van der Waals surface area contributed by atoms with Gasteiger partial charge in [0.25, 0.3) is 5.69 Å². The number of hydrogen-bond donors (Lipinski definition) is 2. The highest BCUT2D eigenvalue weighted by molar-refractivity contribution is 5.83. The van der Waals surface area contributed by atoms with Crippen LogP contribution in [0, 0.1) is 21.6 Å². The van der Waals surface area contributed by atoms with Crippen LogP contribution >= 0.6 is 0 Å². The molecule has 0 unspecified atom stereocenters. The minimum Gasteiger partial charge on any atom is -0.493 e. The lowest BCUT2D eigenvalue weighted by Gasteiger charge is -2.08. The molecule has 0 spiro atoms. The number of ether oxygens (including phenoxy) is 1. The highest BCUT2D eigenvalue weighted by atomic mass is 16.6. The first-order chi connectivity index (χ1) is 13.7. The van der Waals surface area contributed by atoms with Gasteiger partial charge in [-0.15, -0.1) is 0 Å². The summed E-state index contributed by atoms with van der Waals surface area (Å²) in [6.07, 6.45) is 5.65. The number of benzene rings is 2. The molecule has 2 aromatic carbocycles. The lowest BCUT2D eigenvalue weighted by molar-refractivity contribution is -0.384. The number of nitro benzene ring substituents is 1. The quantitative estimate of drug-likeness (QED) is 0.123. The van der Waals surface area contributed by atoms with E-state index in [-0.39, 0.29) is 5.69 Å². The molecule has 8 nitrogen and oxygen atoms in total. The van der Waals surface area contributed by atoms with E-state index >= 15 is 0 Å². The summed E-state index contributed by atoms with van der Waals surface area (Å²) in [4.78, 5) is 14.7. The smallest absolute Gasteiger partial charge is 0.273 e. The summed E-state index contributed by atoms with van der Waals surface area (Å²) in [6.45, 7) is 1.22. The van der Waals surface area contributed by atoms with E-state index in [1.54, 1.807) is 12.1 Å². The molecule has 0 atom stereocenters. The number of unbranched alkanes of at least 4 members (excludes halogenated alkanes) is 3. The minimum atomic E-state index is -0.434. The fourth-order valence-corrected chi connectivity index (χ4v) is 2.46. The van der Waals surface area contributed by atoms with Gasteiger partial charge in [-0.3, -0.25) is 15.4 Å². The molecule has 0 radical (unpaired) electrons. The van der Waals surface area contributed by atoms with E-state index in [2.05, 4.69) is 15.6 Å². The number of nitriles is 1. The van der Waals surface area contributed by atoms with Crippen LogP contribution in [-0.4, -0.2) is 24.0 Å². The van der Waals surface area contributed by atoms with E-state index in [4.69, 9.17) is 10.00 Å². The van der Waals surface area contributed by atoms with Crippen LogP contribution in [0.3, 0.4) is 0 Å². The van der Waals surface area contributed by atoms with Crippen LogP contribution in [-0.2, 0) is 0 Å². The third-order valence-electron chi connectivity index (χ3n) is 3.83. The summed E-state index contributed by atoms with van der Waals surface area (Å²) >= 11 is 0. The van der Waals surface area contributed by atoms with Crippen molar-refractivity contribution < 1.29 is 9.66 Å². The van der Waals surface area contributed by atoms with Crippen molar-refractivity contribution in [3.63, 3.8) is 0 Å². The molecule has 2 N–H and O–H groups in total. The lowest BCUT2D eigenvalue weighted by atomic mass is 10.2. The molecule has 0 saturated carbocycles. The second kappa shape index (κ2) is 11.9. The SMILES string of the molecule is N#CNC(=Nc1ccccc1)NCCCCCCOc1cccc([N+](=O)[O-])c1. The third kappa shape index (κ3) is 7.74. The summed E-state index contributed by atoms with van der Waals surface area (Å²) in [6, 6.07) is 15.6. The second-order valence-corrected chi connectivity index (χ2v) is 5.98. The van der Waals surface area contributed by atoms with E-state index < -0.39 is 4.92 Å². The molecular formula is C20H23N5O3. The van der Waals surface area contributed by atoms with Crippen molar-refractivity contribution in [1.29, 1.82) is 5.26 Å². The van der Waals surface area contributed by atoms with E-state index in [1.165, 1.54) is 12.1 Å². The number of rotatable bonds is 10. The first-order valence-electron chi connectivity index (χ1n) is 9.09. The predicted octanol–water partition coefficient (Wildman–Crippen LogP) is 3.88. The molecule has 0 saturated heterocycles. The van der Waals surface area contributed by atoms with E-state index in [1.807, 2.05) is 36.5 Å². The molecule has 0 aliphatic heterocycles. The van der Waals surface area contributed by atoms with Crippen molar-refractivity contribution in [1.82, 2.24) is 10.6 Å². The molecule has 0 heterocycles. The number of nitro groups is 1. The molecule has 0 bridgehead atoms. The Morgan fingerprint density at radius 1 is 1.11 bits per heavy atom. The zero-order chi connectivity index (χ0) is 20.0. The van der Waals surface area contributed by atoms with Crippen molar-refractivity contribution in [2.45, 2.75) is 25.7 Å². The molecule has 0 aliphatic rings. The van der Waals surface area contributed by atoms with Crippen LogP contribution in [0.25, 0.3) is 0 Å². The van der Waals surface area contributed by atoms with Gasteiger partial charge in [-0.1, -0.05) is 37.1 Å². The van der Waals surface area contributed by atoms with Gasteiger partial charge in [0.2, 0.25) is 5.96 Å². The van der Waals surface area contributed by atoms with Crippen molar-refractivity contribution >= 4 is 17.3 Å². The lowest BCUT2D eigenvalue weighted by Crippen LogP contribution is -2.34. The summed E-state index contributed by atoms with van der Waals surface area (Å²) in [5.41, 5.74) is 0.800. The maximum Gasteiger partial charge on any atom is 0.273 e. The molecule has 8 heteroatoms. The van der Waals surface area contributed by atoms with E-state index in [0.717, 1.165) is 31.4 Å². The van der Waals surface area contributed by atoms with Gasteiger partial charge in [0, 0.05) is 12.6 Å². The predicted molar refractivity (Wildman–Crippen MR) is 107 cm³/mol. The molecule has 2 aromatic rings. The summed E-state index contributed by atoms with van der Waals surface area (Å²) in [7, 11) is 0. The topological polar surface area (TPSA) is 113 Å². The number of nitrogens with one attached hydrogen (secondary N) is 2. The van der Waals surface area contributed by atoms with Crippen LogP contribution in [0.15, 0.2) is 59.6 Å². The maximum atomic E-state index is 10.7. The zero-order valence-electron chi connectivity index (χ0n) is 15.5. The number of nitrogens with zero attached hydrogens (tertiary/aromatic N) is 3. The Kier molecular flexibility index (Phi) is 8.81. The molecule has 0 aliphatic carbocycles. The Bertz CT molecular complexity index is 818. The third-order valence-corrected chi connectivity index (χ3v) is 3.83. The van der Waals surface area contributed by atoms with Crippen LogP contribution in [0.2, 0.25) is 0 Å². The average Bonchev–Trinajstić information content (AvgIpc) is 2.71. The van der Waals surface area contributed by atoms with Crippen molar-refractivity contribution in [2.75, 3.05) is 13.2 Å². The molecule has 0 amide bonds. The van der Waals surface area contributed by atoms with Gasteiger partial charge in [-0.2, -0.15) is 5.26 Å². The maximum absolute atomic E-state index is 10.7. The molecule has 0 fully saturated rings. The summed E-state index contributed by atoms with van der Waals surface area (Å²) in [5, 5.41) is 25.2. The standard InChI is InChI=1S/C20H23N5O3/c21-16-23-20(24-17-9-4-3-5-10-17)22-13-6-1-2-7-14-28-19-12-8-11-18(15-19)25(26)27/h3-5,8-12,15H,1-2,6-7,13-14H2,(H2,22,23,24). The van der Waals surface area contributed by atoms with Gasteiger partial charge in [-0.25, -0.2) is 4.99 Å². The number of para-hydroxylation sites is 1. The monoisotopic (exact) mass is 381 g/mol. The van der Waals surface area contributed by atoms with E-state index in [0.29, 0.717) is 24.9 Å². The fourth-order valence-electron chi connectivity index (χ4n) is 2.46. The Balaban J connectivity index is 1.61.